The van der Waals surface area contributed by atoms with Crippen LogP contribution >= 0.6 is 0 Å². The van der Waals surface area contributed by atoms with Crippen LogP contribution in [0.4, 0.5) is 15.8 Å². The van der Waals surface area contributed by atoms with Crippen molar-refractivity contribution in [3.63, 3.8) is 0 Å². The molecule has 0 fully saturated rings. The fraction of sp³-hybridized carbons (Fsp3) is 0.138. The third kappa shape index (κ3) is 6.47. The van der Waals surface area contributed by atoms with Crippen molar-refractivity contribution >= 4 is 27.3 Å². The number of para-hydroxylation sites is 3. The normalized spacial score (nSPS) is 11.0. The number of hydrogen-bond acceptors (Lipinski definition) is 6. The lowest BCUT2D eigenvalue weighted by Crippen LogP contribution is -2.32. The van der Waals surface area contributed by atoms with E-state index in [9.17, 15) is 17.6 Å². The molecule has 0 saturated heterocycles. The van der Waals surface area contributed by atoms with Crippen LogP contribution in [0.3, 0.4) is 0 Å². The molecule has 0 aromatic heterocycles. The van der Waals surface area contributed by atoms with E-state index in [0.29, 0.717) is 17.2 Å². The summed E-state index contributed by atoms with van der Waals surface area (Å²) in [6.07, 6.45) is 0.981. The summed E-state index contributed by atoms with van der Waals surface area (Å²) >= 11 is 0. The lowest BCUT2D eigenvalue weighted by atomic mass is 10.1. The van der Waals surface area contributed by atoms with Crippen molar-refractivity contribution < 1.29 is 31.8 Å². The molecule has 4 aromatic rings. The van der Waals surface area contributed by atoms with Crippen LogP contribution in [0.25, 0.3) is 0 Å². The maximum Gasteiger partial charge on any atom is 0.258 e. The number of hydrogen-bond donors (Lipinski definition) is 1. The molecular weight excluding hydrogens is 523 g/mol. The highest BCUT2D eigenvalue weighted by molar-refractivity contribution is 7.92. The maximum absolute atomic E-state index is 14.5. The third-order valence-electron chi connectivity index (χ3n) is 5.79. The topological polar surface area (TPSA) is 94.2 Å². The first-order valence-corrected chi connectivity index (χ1v) is 13.7. The van der Waals surface area contributed by atoms with Crippen LogP contribution in [0.1, 0.15) is 15.9 Å². The number of nitrogens with one attached hydrogen (secondary N) is 1. The first-order valence-electron chi connectivity index (χ1n) is 11.8. The molecule has 0 saturated carbocycles. The average Bonchev–Trinajstić information content (AvgIpc) is 2.93. The van der Waals surface area contributed by atoms with Gasteiger partial charge in [-0.1, -0.05) is 48.5 Å². The first-order chi connectivity index (χ1) is 18.7. The van der Waals surface area contributed by atoms with Crippen molar-refractivity contribution in [2.24, 2.45) is 0 Å². The Kier molecular flexibility index (Phi) is 8.36. The molecule has 4 rings (SSSR count). The van der Waals surface area contributed by atoms with Crippen LogP contribution in [-0.4, -0.2) is 34.8 Å². The van der Waals surface area contributed by atoms with E-state index in [1.54, 1.807) is 42.5 Å². The molecule has 0 radical (unpaired) electrons. The Morgan fingerprint density at radius 2 is 1.46 bits per heavy atom. The lowest BCUT2D eigenvalue weighted by molar-refractivity contribution is 0.102. The zero-order chi connectivity index (χ0) is 28.0. The summed E-state index contributed by atoms with van der Waals surface area (Å²) in [5, 5.41) is 2.80. The molecule has 0 heterocycles. The molecule has 1 amide bonds. The molecule has 202 valence electrons. The number of methoxy groups -OCH3 is 2. The molecular formula is C29H27FN2O6S. The van der Waals surface area contributed by atoms with Crippen LogP contribution in [0.15, 0.2) is 91.0 Å². The second kappa shape index (κ2) is 11.9. The molecule has 0 unspecified atom stereocenters. The molecule has 0 atom stereocenters. The Morgan fingerprint density at radius 3 is 2.13 bits per heavy atom. The van der Waals surface area contributed by atoms with Gasteiger partial charge in [0.15, 0.2) is 17.2 Å². The van der Waals surface area contributed by atoms with Gasteiger partial charge in [0.05, 0.1) is 44.0 Å². The van der Waals surface area contributed by atoms with Crippen molar-refractivity contribution in [3.8, 4) is 23.0 Å². The Hall–Kier alpha value is -4.57. The number of halogens is 1. The molecule has 0 aliphatic rings. The minimum Gasteiger partial charge on any atom is -0.493 e. The predicted molar refractivity (Wildman–Crippen MR) is 148 cm³/mol. The second-order valence-electron chi connectivity index (χ2n) is 8.45. The smallest absolute Gasteiger partial charge is 0.258 e. The Balaban J connectivity index is 1.78. The van der Waals surface area contributed by atoms with E-state index in [-0.39, 0.29) is 34.9 Å². The monoisotopic (exact) mass is 550 g/mol. The number of rotatable bonds is 10. The van der Waals surface area contributed by atoms with Gasteiger partial charge in [0.1, 0.15) is 11.6 Å². The van der Waals surface area contributed by atoms with E-state index in [0.717, 1.165) is 10.6 Å². The molecule has 4 aromatic carbocycles. The third-order valence-corrected chi connectivity index (χ3v) is 6.92. The Labute approximate surface area is 226 Å². The van der Waals surface area contributed by atoms with Gasteiger partial charge in [-0.3, -0.25) is 9.10 Å². The summed E-state index contributed by atoms with van der Waals surface area (Å²) in [5.41, 5.74) is 0.430. The predicted octanol–water partition coefficient (Wildman–Crippen LogP) is 5.85. The highest BCUT2D eigenvalue weighted by Crippen LogP contribution is 2.38. The van der Waals surface area contributed by atoms with E-state index >= 15 is 0 Å². The standard InChI is InChI=1S/C29H27FN2O6S/c1-36-27-17-22(29(33)31-24-15-9-10-16-26(24)38-21-12-5-4-6-13-21)25(18-28(27)37-2)32(39(3,34)35)19-20-11-7-8-14-23(20)30/h4-18H,19H2,1-3H3,(H,31,33). The maximum atomic E-state index is 14.5. The number of carbonyl (C=O) groups excluding carboxylic acids is 1. The van der Waals surface area contributed by atoms with Crippen molar-refractivity contribution in [1.29, 1.82) is 0 Å². The summed E-state index contributed by atoms with van der Waals surface area (Å²) in [4.78, 5) is 13.7. The van der Waals surface area contributed by atoms with E-state index in [1.165, 1.54) is 44.6 Å². The Morgan fingerprint density at radius 1 is 0.846 bits per heavy atom. The molecule has 10 heteroatoms. The van der Waals surface area contributed by atoms with Gasteiger partial charge in [0.25, 0.3) is 5.91 Å². The van der Waals surface area contributed by atoms with E-state index in [2.05, 4.69) is 5.32 Å². The molecule has 39 heavy (non-hydrogen) atoms. The molecule has 0 aliphatic heterocycles. The van der Waals surface area contributed by atoms with Gasteiger partial charge < -0.3 is 19.5 Å². The minimum absolute atomic E-state index is 0.0163. The largest absolute Gasteiger partial charge is 0.493 e. The van der Waals surface area contributed by atoms with Crippen LogP contribution in [0, 0.1) is 5.82 Å². The van der Waals surface area contributed by atoms with Crippen LogP contribution < -0.4 is 23.8 Å². The van der Waals surface area contributed by atoms with Gasteiger partial charge in [-0.2, -0.15) is 0 Å². The molecule has 0 bridgehead atoms. The fourth-order valence-electron chi connectivity index (χ4n) is 3.88. The second-order valence-corrected chi connectivity index (χ2v) is 10.4. The van der Waals surface area contributed by atoms with Gasteiger partial charge in [0, 0.05) is 11.6 Å². The van der Waals surface area contributed by atoms with E-state index in [1.807, 2.05) is 18.2 Å². The summed E-state index contributed by atoms with van der Waals surface area (Å²) < 4.78 is 58.1. The molecule has 1 N–H and O–H groups in total. The lowest BCUT2D eigenvalue weighted by Gasteiger charge is -2.26. The summed E-state index contributed by atoms with van der Waals surface area (Å²) in [6.45, 7) is -0.352. The number of ether oxygens (including phenoxy) is 3. The van der Waals surface area contributed by atoms with Crippen molar-refractivity contribution in [3.05, 3.63) is 108 Å². The highest BCUT2D eigenvalue weighted by atomic mass is 32.2. The van der Waals surface area contributed by atoms with Crippen LogP contribution in [-0.2, 0) is 16.6 Å². The minimum atomic E-state index is -3.99. The summed E-state index contributed by atoms with van der Waals surface area (Å²) in [5.74, 6) is 0.130. The number of benzene rings is 4. The first kappa shape index (κ1) is 27.5. The summed E-state index contributed by atoms with van der Waals surface area (Å²) in [6, 6.07) is 24.5. The van der Waals surface area contributed by atoms with Crippen LogP contribution in [0.2, 0.25) is 0 Å². The van der Waals surface area contributed by atoms with Gasteiger partial charge >= 0.3 is 0 Å². The van der Waals surface area contributed by atoms with Crippen LogP contribution in [0.5, 0.6) is 23.0 Å². The van der Waals surface area contributed by atoms with Crippen molar-refractivity contribution in [1.82, 2.24) is 0 Å². The number of nitrogens with zero attached hydrogens (tertiary/aromatic N) is 1. The number of sulfonamides is 1. The average molecular weight is 551 g/mol. The quantitative estimate of drug-likeness (QED) is 0.266. The molecule has 0 aliphatic carbocycles. The fourth-order valence-corrected chi connectivity index (χ4v) is 4.76. The van der Waals surface area contributed by atoms with Gasteiger partial charge in [-0.25, -0.2) is 12.8 Å². The number of anilines is 2. The van der Waals surface area contributed by atoms with Crippen molar-refractivity contribution in [2.75, 3.05) is 30.1 Å². The highest BCUT2D eigenvalue weighted by Gasteiger charge is 2.27. The zero-order valence-electron chi connectivity index (χ0n) is 21.6. The molecule has 8 nitrogen and oxygen atoms in total. The van der Waals surface area contributed by atoms with Gasteiger partial charge in [-0.05, 0) is 36.4 Å². The Bertz CT molecular complexity index is 1580. The zero-order valence-corrected chi connectivity index (χ0v) is 22.4. The SMILES string of the molecule is COc1cc(C(=O)Nc2ccccc2Oc2ccccc2)c(N(Cc2ccccc2F)S(C)(=O)=O)cc1OC. The number of amides is 1. The molecule has 0 spiro atoms. The summed E-state index contributed by atoms with van der Waals surface area (Å²) in [7, 11) is -1.20. The van der Waals surface area contributed by atoms with E-state index in [4.69, 9.17) is 14.2 Å². The van der Waals surface area contributed by atoms with Gasteiger partial charge in [-0.15, -0.1) is 0 Å². The van der Waals surface area contributed by atoms with E-state index < -0.39 is 21.7 Å². The number of carbonyl (C=O) groups is 1. The van der Waals surface area contributed by atoms with Gasteiger partial charge in [0.2, 0.25) is 10.0 Å². The van der Waals surface area contributed by atoms with Crippen molar-refractivity contribution in [2.45, 2.75) is 6.54 Å².